The summed E-state index contributed by atoms with van der Waals surface area (Å²) in [5.74, 6) is -0.451. The highest BCUT2D eigenvalue weighted by molar-refractivity contribution is 6.33. The van der Waals surface area contributed by atoms with Crippen LogP contribution in [0.1, 0.15) is 10.4 Å². The molecule has 3 nitrogen and oxygen atoms in total. The van der Waals surface area contributed by atoms with Crippen LogP contribution in [0.25, 0.3) is 11.3 Å². The Kier molecular flexibility index (Phi) is 5.13. The second kappa shape index (κ2) is 6.38. The topological polar surface area (TPSA) is 39.2 Å². The molecule has 0 bridgehead atoms. The van der Waals surface area contributed by atoms with Gasteiger partial charge in [-0.3, -0.25) is 4.98 Å². The highest BCUT2D eigenvalue weighted by Crippen LogP contribution is 2.24. The SMILES string of the molecule is COC(=O)c1cc(-c2ccccn2)ccc1Cl.Cl. The van der Waals surface area contributed by atoms with E-state index in [0.29, 0.717) is 10.6 Å². The van der Waals surface area contributed by atoms with E-state index in [-0.39, 0.29) is 12.4 Å². The fraction of sp³-hybridized carbons (Fsp3) is 0.0769. The van der Waals surface area contributed by atoms with Crippen LogP contribution in [-0.2, 0) is 4.74 Å². The third-order valence-corrected chi connectivity index (χ3v) is 2.66. The molecule has 0 aliphatic heterocycles. The van der Waals surface area contributed by atoms with Crippen molar-refractivity contribution in [1.82, 2.24) is 4.98 Å². The summed E-state index contributed by atoms with van der Waals surface area (Å²) in [6.07, 6.45) is 1.70. The van der Waals surface area contributed by atoms with Crippen molar-refractivity contribution >= 4 is 30.0 Å². The Balaban J connectivity index is 0.00000162. The van der Waals surface area contributed by atoms with Gasteiger partial charge in [0.1, 0.15) is 0 Å². The zero-order chi connectivity index (χ0) is 12.3. The molecule has 0 fully saturated rings. The van der Waals surface area contributed by atoms with Crippen molar-refractivity contribution in [2.24, 2.45) is 0 Å². The molecule has 18 heavy (non-hydrogen) atoms. The van der Waals surface area contributed by atoms with Gasteiger partial charge in [-0.15, -0.1) is 12.4 Å². The van der Waals surface area contributed by atoms with E-state index in [0.717, 1.165) is 11.3 Å². The first kappa shape index (κ1) is 14.5. The number of aromatic nitrogens is 1. The standard InChI is InChI=1S/C13H10ClNO2.ClH/c1-17-13(16)10-8-9(5-6-11(10)14)12-4-2-3-7-15-12;/h2-8H,1H3;1H. The number of hydrogen-bond acceptors (Lipinski definition) is 3. The number of benzene rings is 1. The molecule has 0 aliphatic rings. The van der Waals surface area contributed by atoms with Crippen LogP contribution in [0.15, 0.2) is 42.6 Å². The molecule has 0 unspecified atom stereocenters. The summed E-state index contributed by atoms with van der Waals surface area (Å²) >= 11 is 5.94. The molecular formula is C13H11Cl2NO2. The van der Waals surface area contributed by atoms with Gasteiger partial charge in [-0.05, 0) is 24.3 Å². The van der Waals surface area contributed by atoms with Crippen molar-refractivity contribution in [3.63, 3.8) is 0 Å². The van der Waals surface area contributed by atoms with Crippen LogP contribution in [0.5, 0.6) is 0 Å². The van der Waals surface area contributed by atoms with Gasteiger partial charge in [0.05, 0.1) is 23.4 Å². The Hall–Kier alpha value is -1.58. The summed E-state index contributed by atoms with van der Waals surface area (Å²) in [5.41, 5.74) is 1.96. The van der Waals surface area contributed by atoms with Gasteiger partial charge < -0.3 is 4.74 Å². The van der Waals surface area contributed by atoms with E-state index in [9.17, 15) is 4.79 Å². The number of halogens is 2. The van der Waals surface area contributed by atoms with Gasteiger partial charge in [-0.25, -0.2) is 4.79 Å². The van der Waals surface area contributed by atoms with Crippen LogP contribution in [0.3, 0.4) is 0 Å². The van der Waals surface area contributed by atoms with E-state index in [4.69, 9.17) is 11.6 Å². The molecule has 1 aromatic heterocycles. The van der Waals surface area contributed by atoms with Gasteiger partial charge in [0, 0.05) is 11.8 Å². The zero-order valence-electron chi connectivity index (χ0n) is 9.59. The second-order valence-corrected chi connectivity index (χ2v) is 3.81. The smallest absolute Gasteiger partial charge is 0.339 e. The zero-order valence-corrected chi connectivity index (χ0v) is 11.2. The molecule has 1 heterocycles. The van der Waals surface area contributed by atoms with Gasteiger partial charge >= 0.3 is 5.97 Å². The Morgan fingerprint density at radius 2 is 2.06 bits per heavy atom. The van der Waals surface area contributed by atoms with Gasteiger partial charge in [0.15, 0.2) is 0 Å². The van der Waals surface area contributed by atoms with E-state index in [2.05, 4.69) is 9.72 Å². The lowest BCUT2D eigenvalue weighted by Crippen LogP contribution is -2.02. The number of rotatable bonds is 2. The van der Waals surface area contributed by atoms with Gasteiger partial charge in [-0.1, -0.05) is 23.7 Å². The fourth-order valence-electron chi connectivity index (χ4n) is 1.48. The number of ether oxygens (including phenoxy) is 1. The minimum absolute atomic E-state index is 0. The molecule has 0 saturated heterocycles. The fourth-order valence-corrected chi connectivity index (χ4v) is 1.68. The number of hydrogen-bond donors (Lipinski definition) is 0. The van der Waals surface area contributed by atoms with E-state index in [1.165, 1.54) is 7.11 Å². The maximum Gasteiger partial charge on any atom is 0.339 e. The van der Waals surface area contributed by atoms with Crippen molar-refractivity contribution in [3.05, 3.63) is 53.2 Å². The van der Waals surface area contributed by atoms with Crippen LogP contribution in [0, 0.1) is 0 Å². The average Bonchev–Trinajstić information content (AvgIpc) is 2.39. The third kappa shape index (κ3) is 3.00. The molecule has 0 radical (unpaired) electrons. The summed E-state index contributed by atoms with van der Waals surface area (Å²) in [6.45, 7) is 0. The van der Waals surface area contributed by atoms with Crippen molar-refractivity contribution in [2.75, 3.05) is 7.11 Å². The van der Waals surface area contributed by atoms with E-state index < -0.39 is 5.97 Å². The Morgan fingerprint density at radius 1 is 1.28 bits per heavy atom. The first-order valence-electron chi connectivity index (χ1n) is 5.01. The summed E-state index contributed by atoms with van der Waals surface area (Å²) < 4.78 is 4.66. The molecule has 0 spiro atoms. The van der Waals surface area contributed by atoms with E-state index in [1.807, 2.05) is 24.3 Å². The number of carbonyl (C=O) groups excluding carboxylic acids is 1. The predicted octanol–water partition coefficient (Wildman–Crippen LogP) is 3.61. The Morgan fingerprint density at radius 3 is 2.67 bits per heavy atom. The van der Waals surface area contributed by atoms with Crippen molar-refractivity contribution in [1.29, 1.82) is 0 Å². The predicted molar refractivity (Wildman–Crippen MR) is 73.3 cm³/mol. The van der Waals surface area contributed by atoms with Gasteiger partial charge in [-0.2, -0.15) is 0 Å². The molecule has 0 atom stereocenters. The number of methoxy groups -OCH3 is 1. The lowest BCUT2D eigenvalue weighted by molar-refractivity contribution is 0.0601. The van der Waals surface area contributed by atoms with Crippen LogP contribution < -0.4 is 0 Å². The van der Waals surface area contributed by atoms with E-state index in [1.54, 1.807) is 18.3 Å². The molecule has 1 aromatic carbocycles. The number of nitrogens with zero attached hydrogens (tertiary/aromatic N) is 1. The monoisotopic (exact) mass is 283 g/mol. The largest absolute Gasteiger partial charge is 0.465 e. The maximum absolute atomic E-state index is 11.5. The van der Waals surface area contributed by atoms with Crippen LogP contribution >= 0.6 is 24.0 Å². The number of esters is 1. The number of carbonyl (C=O) groups is 1. The maximum atomic E-state index is 11.5. The first-order valence-corrected chi connectivity index (χ1v) is 5.39. The molecule has 5 heteroatoms. The molecule has 0 aliphatic carbocycles. The molecule has 94 valence electrons. The summed E-state index contributed by atoms with van der Waals surface area (Å²) in [5, 5.41) is 0.372. The van der Waals surface area contributed by atoms with E-state index >= 15 is 0 Å². The first-order chi connectivity index (χ1) is 8.22. The van der Waals surface area contributed by atoms with Crippen LogP contribution in [0.2, 0.25) is 5.02 Å². The lowest BCUT2D eigenvalue weighted by atomic mass is 10.1. The molecular weight excluding hydrogens is 273 g/mol. The lowest BCUT2D eigenvalue weighted by Gasteiger charge is -2.05. The summed E-state index contributed by atoms with van der Waals surface area (Å²) in [4.78, 5) is 15.7. The van der Waals surface area contributed by atoms with Gasteiger partial charge in [0.25, 0.3) is 0 Å². The normalized spacial score (nSPS) is 9.44. The summed E-state index contributed by atoms with van der Waals surface area (Å²) in [6, 6.07) is 10.7. The molecule has 0 amide bonds. The van der Waals surface area contributed by atoms with Gasteiger partial charge in [0.2, 0.25) is 0 Å². The third-order valence-electron chi connectivity index (χ3n) is 2.33. The highest BCUT2D eigenvalue weighted by atomic mass is 35.5. The van der Waals surface area contributed by atoms with Crippen molar-refractivity contribution in [2.45, 2.75) is 0 Å². The summed E-state index contributed by atoms with van der Waals surface area (Å²) in [7, 11) is 1.33. The molecule has 0 saturated carbocycles. The van der Waals surface area contributed by atoms with Crippen LogP contribution in [-0.4, -0.2) is 18.1 Å². The number of pyridine rings is 1. The minimum atomic E-state index is -0.451. The Bertz CT molecular complexity index is 544. The minimum Gasteiger partial charge on any atom is -0.465 e. The molecule has 2 rings (SSSR count). The highest BCUT2D eigenvalue weighted by Gasteiger charge is 2.12. The van der Waals surface area contributed by atoms with Crippen molar-refractivity contribution < 1.29 is 9.53 Å². The Labute approximate surface area is 116 Å². The quantitative estimate of drug-likeness (QED) is 0.791. The average molecular weight is 284 g/mol. The molecule has 2 aromatic rings. The van der Waals surface area contributed by atoms with Crippen LogP contribution in [0.4, 0.5) is 0 Å². The van der Waals surface area contributed by atoms with Crippen molar-refractivity contribution in [3.8, 4) is 11.3 Å². The molecule has 0 N–H and O–H groups in total. The second-order valence-electron chi connectivity index (χ2n) is 3.40.